The number of aromatic carboxylic acids is 1. The van der Waals surface area contributed by atoms with Gasteiger partial charge in [0.2, 0.25) is 0 Å². The highest BCUT2D eigenvalue weighted by Crippen LogP contribution is 2.33. The molecule has 0 saturated carbocycles. The van der Waals surface area contributed by atoms with Crippen LogP contribution < -0.4 is 31.3 Å². The first-order valence-corrected chi connectivity index (χ1v) is 21.6. The quantitative estimate of drug-likeness (QED) is 0.102. The van der Waals surface area contributed by atoms with Gasteiger partial charge in [0.15, 0.2) is 22.6 Å². The van der Waals surface area contributed by atoms with Crippen LogP contribution in [0, 0.1) is 23.3 Å². The highest BCUT2D eigenvalue weighted by Gasteiger charge is 2.28. The third-order valence-electron chi connectivity index (χ3n) is 11.7. The fourth-order valence-corrected chi connectivity index (χ4v) is 8.35. The van der Waals surface area contributed by atoms with Gasteiger partial charge >= 0.3 is 5.97 Å². The molecule has 19 heteroatoms. The number of carbonyl (C=O) groups is 2. The van der Waals surface area contributed by atoms with Crippen molar-refractivity contribution in [1.29, 1.82) is 0 Å². The molecule has 3 aliphatic rings. The number of rotatable bonds is 10. The molecule has 2 aromatic heterocycles. The number of aliphatic hydroxyl groups excluding tert-OH is 1. The molecule has 352 valence electrons. The summed E-state index contributed by atoms with van der Waals surface area (Å²) in [7, 11) is 0. The fourth-order valence-electron chi connectivity index (χ4n) is 8.35. The van der Waals surface area contributed by atoms with Gasteiger partial charge in [0.25, 0.3) is 5.91 Å². The molecule has 3 fully saturated rings. The number of hydrogen-bond donors (Lipinski definition) is 4. The minimum absolute atomic E-state index is 0.0898. The van der Waals surface area contributed by atoms with Gasteiger partial charge in [-0.15, -0.1) is 0 Å². The Morgan fingerprint density at radius 3 is 1.43 bits per heavy atom. The number of morpholine rings is 2. The number of ether oxygens (including phenoxy) is 2. The number of nitrogens with zero attached hydrogens (tertiary/aromatic N) is 3. The average molecular weight is 930 g/mol. The number of nitrogens with one attached hydrogen (secondary N) is 2. The first kappa shape index (κ1) is 46.6. The standard InChI is InChI=1S/C26H27F2N3O5.C22H20F2N2O5/c1-15(29-19-11-17(27)10-18(28)12-19)21-8-16(26(34)31-3-2-20(32)14-31)9-22-23(33)13-24(36-25(21)22)30-4-6-35-7-5-30;1-12(25-16-9-14(23)8-15(24)10-16)17-6-13(22(28)29)7-18-19(27)11-20(31-21(17)18)26-2-4-30-5-3-26/h8-13,15,20,29,32H,2-7,14H2,1H3;6-12,25H,2-5H2,1H3,(H,28,29)/t15?,20-;/m0./s1. The van der Waals surface area contributed by atoms with Crippen LogP contribution in [0.4, 0.5) is 40.7 Å². The first-order chi connectivity index (χ1) is 32.1. The summed E-state index contributed by atoms with van der Waals surface area (Å²) in [6.07, 6.45) is -0.0983. The Hall–Kier alpha value is -6.96. The second kappa shape index (κ2) is 19.9. The maximum atomic E-state index is 13.8. The smallest absolute Gasteiger partial charge is 0.335 e. The molecule has 5 heterocycles. The summed E-state index contributed by atoms with van der Waals surface area (Å²) in [5.74, 6) is -3.73. The number of benzene rings is 4. The number of amides is 1. The lowest BCUT2D eigenvalue weighted by Gasteiger charge is -2.27. The van der Waals surface area contributed by atoms with Crippen molar-refractivity contribution in [2.45, 2.75) is 38.5 Å². The molecule has 0 aliphatic carbocycles. The Kier molecular flexibility index (Phi) is 13.8. The number of halogens is 4. The maximum absolute atomic E-state index is 13.8. The molecule has 3 saturated heterocycles. The number of likely N-dealkylation sites (tertiary alicyclic amines) is 1. The van der Waals surface area contributed by atoms with Crippen molar-refractivity contribution in [2.24, 2.45) is 0 Å². The summed E-state index contributed by atoms with van der Waals surface area (Å²) in [5.41, 5.74) is 1.26. The molecule has 67 heavy (non-hydrogen) atoms. The summed E-state index contributed by atoms with van der Waals surface area (Å²) in [5, 5.41) is 25.7. The number of anilines is 4. The van der Waals surface area contributed by atoms with Crippen LogP contribution in [-0.2, 0) is 9.47 Å². The summed E-state index contributed by atoms with van der Waals surface area (Å²) < 4.78 is 77.7. The van der Waals surface area contributed by atoms with E-state index in [0.29, 0.717) is 94.1 Å². The fraction of sp³-hybridized carbons (Fsp3) is 0.333. The van der Waals surface area contributed by atoms with E-state index in [1.807, 2.05) is 9.80 Å². The largest absolute Gasteiger partial charge is 0.478 e. The van der Waals surface area contributed by atoms with E-state index in [0.717, 1.165) is 36.4 Å². The van der Waals surface area contributed by atoms with Crippen molar-refractivity contribution in [3.8, 4) is 0 Å². The predicted octanol–water partition coefficient (Wildman–Crippen LogP) is 7.07. The van der Waals surface area contributed by atoms with E-state index >= 15 is 0 Å². The Morgan fingerprint density at radius 1 is 0.612 bits per heavy atom. The summed E-state index contributed by atoms with van der Waals surface area (Å²) >= 11 is 0. The van der Waals surface area contributed by atoms with Crippen molar-refractivity contribution in [3.05, 3.63) is 139 Å². The molecule has 15 nitrogen and oxygen atoms in total. The Morgan fingerprint density at radius 2 is 1.03 bits per heavy atom. The number of hydrogen-bond acceptors (Lipinski definition) is 13. The van der Waals surface area contributed by atoms with Crippen LogP contribution in [0.25, 0.3) is 21.9 Å². The van der Waals surface area contributed by atoms with E-state index in [1.54, 1.807) is 24.8 Å². The lowest BCUT2D eigenvalue weighted by molar-refractivity contribution is 0.0696. The van der Waals surface area contributed by atoms with Gasteiger partial charge in [-0.2, -0.15) is 0 Å². The molecule has 4 N–H and O–H groups in total. The zero-order chi connectivity index (χ0) is 47.5. The van der Waals surface area contributed by atoms with Crippen LogP contribution in [0.5, 0.6) is 0 Å². The van der Waals surface area contributed by atoms with Gasteiger partial charge in [-0.25, -0.2) is 22.4 Å². The number of carboxylic acids is 1. The normalized spacial score (nSPS) is 17.2. The number of aliphatic hydroxyl groups is 1. The highest BCUT2D eigenvalue weighted by molar-refractivity contribution is 5.99. The molecule has 6 aromatic rings. The molecule has 4 aromatic carbocycles. The molecule has 0 spiro atoms. The van der Waals surface area contributed by atoms with Gasteiger partial charge in [-0.1, -0.05) is 0 Å². The van der Waals surface area contributed by atoms with Gasteiger partial charge in [0.05, 0.1) is 61.0 Å². The Bertz CT molecular complexity index is 2910. The number of carboxylic acid groups (broad SMARTS) is 1. The van der Waals surface area contributed by atoms with E-state index in [2.05, 4.69) is 10.6 Å². The second-order valence-corrected chi connectivity index (χ2v) is 16.5. The second-order valence-electron chi connectivity index (χ2n) is 16.5. The molecular formula is C48H47F4N5O10. The SMILES string of the molecule is CC(Nc1cc(F)cc(F)c1)c1cc(C(=O)N2CC[C@H](O)C2)cc2c(=O)cc(N3CCOCC3)oc12.CC(Nc1cc(F)cc(F)c1)c1cc(C(=O)O)cc2c(=O)cc(N3CCOCC3)oc12. The summed E-state index contributed by atoms with van der Waals surface area (Å²) in [6.45, 7) is 8.30. The van der Waals surface area contributed by atoms with Crippen molar-refractivity contribution in [3.63, 3.8) is 0 Å². The van der Waals surface area contributed by atoms with E-state index in [4.69, 9.17) is 18.3 Å². The molecule has 9 rings (SSSR count). The van der Waals surface area contributed by atoms with E-state index < -0.39 is 47.4 Å². The maximum Gasteiger partial charge on any atom is 0.335 e. The number of carbonyl (C=O) groups excluding carboxylic acids is 1. The Balaban J connectivity index is 0.000000184. The number of fused-ring (bicyclic) bond motifs is 2. The van der Waals surface area contributed by atoms with E-state index in [1.165, 1.54) is 30.3 Å². The van der Waals surface area contributed by atoms with E-state index in [-0.39, 0.29) is 62.2 Å². The molecule has 3 aliphatic heterocycles. The molecule has 0 radical (unpaired) electrons. The van der Waals surface area contributed by atoms with Gasteiger partial charge < -0.3 is 53.9 Å². The van der Waals surface area contributed by atoms with Gasteiger partial charge in [0.1, 0.15) is 34.4 Å². The Labute approximate surface area is 380 Å². The van der Waals surface area contributed by atoms with Gasteiger partial charge in [-0.3, -0.25) is 14.4 Å². The van der Waals surface area contributed by atoms with Crippen LogP contribution in [0.2, 0.25) is 0 Å². The predicted molar refractivity (Wildman–Crippen MR) is 241 cm³/mol. The summed E-state index contributed by atoms with van der Waals surface area (Å²) in [4.78, 5) is 56.2. The van der Waals surface area contributed by atoms with Crippen LogP contribution in [0.1, 0.15) is 64.2 Å². The van der Waals surface area contributed by atoms with Gasteiger partial charge in [-0.05, 0) is 68.8 Å². The summed E-state index contributed by atoms with van der Waals surface area (Å²) in [6, 6.07) is 13.5. The zero-order valence-electron chi connectivity index (χ0n) is 36.5. The third kappa shape index (κ3) is 10.7. The van der Waals surface area contributed by atoms with E-state index in [9.17, 15) is 47.0 Å². The van der Waals surface area contributed by atoms with Crippen LogP contribution in [0.3, 0.4) is 0 Å². The lowest BCUT2D eigenvalue weighted by Crippen LogP contribution is -2.36. The molecule has 3 atom stereocenters. The van der Waals surface area contributed by atoms with Crippen LogP contribution in [-0.4, -0.2) is 98.8 Å². The molecular weight excluding hydrogens is 883 g/mol. The monoisotopic (exact) mass is 929 g/mol. The average Bonchev–Trinajstić information content (AvgIpc) is 3.74. The van der Waals surface area contributed by atoms with Crippen LogP contribution in [0.15, 0.2) is 91.2 Å². The molecule has 2 unspecified atom stereocenters. The van der Waals surface area contributed by atoms with Crippen molar-refractivity contribution in [1.82, 2.24) is 4.90 Å². The molecule has 1 amide bonds. The van der Waals surface area contributed by atoms with Crippen molar-refractivity contribution in [2.75, 3.05) is 86.1 Å². The highest BCUT2D eigenvalue weighted by atomic mass is 19.1. The molecule has 0 bridgehead atoms. The van der Waals surface area contributed by atoms with Gasteiger partial charge in [0, 0.05) is 91.6 Å². The lowest BCUT2D eigenvalue weighted by atomic mass is 9.99. The van der Waals surface area contributed by atoms with Crippen molar-refractivity contribution >= 4 is 57.0 Å². The minimum Gasteiger partial charge on any atom is -0.478 e. The van der Waals surface area contributed by atoms with Crippen molar-refractivity contribution < 1.29 is 55.7 Å². The zero-order valence-corrected chi connectivity index (χ0v) is 36.5. The van der Waals surface area contributed by atoms with Crippen LogP contribution >= 0.6 is 0 Å². The number of β-amino-alcohol motifs (C(OH)–C–C–N with tert-alkyl or cyclic N) is 1. The first-order valence-electron chi connectivity index (χ1n) is 21.6. The minimum atomic E-state index is -1.20. The topological polar surface area (TPSA) is 187 Å². The third-order valence-corrected chi connectivity index (χ3v) is 11.7.